The van der Waals surface area contributed by atoms with E-state index < -0.39 is 0 Å². The maximum absolute atomic E-state index is 11.6. The number of nitrogens with zero attached hydrogens (tertiary/aromatic N) is 1. The summed E-state index contributed by atoms with van der Waals surface area (Å²) in [4.78, 5) is 13.1. The first kappa shape index (κ1) is 21.9. The Balaban J connectivity index is 3.22. The van der Waals surface area contributed by atoms with Crippen molar-refractivity contribution in [3.05, 3.63) is 24.9 Å². The summed E-state index contributed by atoms with van der Waals surface area (Å²) in [6, 6.07) is 0. The van der Waals surface area contributed by atoms with Crippen molar-refractivity contribution in [2.75, 3.05) is 7.05 Å². The van der Waals surface area contributed by atoms with Crippen molar-refractivity contribution in [3.63, 3.8) is 0 Å². The maximum atomic E-state index is 11.6. The van der Waals surface area contributed by atoms with E-state index in [0.29, 0.717) is 6.42 Å². The van der Waals surface area contributed by atoms with Crippen LogP contribution in [0, 0.1) is 0 Å². The molecule has 0 fully saturated rings. The van der Waals surface area contributed by atoms with Gasteiger partial charge in [0.25, 0.3) is 0 Å². The second-order valence-corrected chi connectivity index (χ2v) is 6.52. The van der Waals surface area contributed by atoms with Gasteiger partial charge in [0.15, 0.2) is 0 Å². The Labute approximate surface area is 145 Å². The normalized spacial score (nSPS) is 11.0. The molecule has 0 bridgehead atoms. The summed E-state index contributed by atoms with van der Waals surface area (Å²) in [6.07, 6.45) is 23.7. The molecule has 23 heavy (non-hydrogen) atoms. The van der Waals surface area contributed by atoms with Gasteiger partial charge in [0, 0.05) is 13.5 Å². The molecule has 0 aromatic rings. The van der Waals surface area contributed by atoms with Crippen LogP contribution >= 0.6 is 0 Å². The lowest BCUT2D eigenvalue weighted by molar-refractivity contribution is -0.127. The van der Waals surface area contributed by atoms with Crippen molar-refractivity contribution < 1.29 is 4.79 Å². The van der Waals surface area contributed by atoms with Gasteiger partial charge in [-0.05, 0) is 38.3 Å². The number of allylic oxidation sites excluding steroid dienone is 2. The molecule has 2 heteroatoms. The second kappa shape index (κ2) is 17.3. The minimum absolute atomic E-state index is 0.178. The van der Waals surface area contributed by atoms with Crippen LogP contribution in [-0.4, -0.2) is 17.9 Å². The Morgan fingerprint density at radius 3 is 1.83 bits per heavy atom. The molecule has 0 N–H and O–H groups in total. The van der Waals surface area contributed by atoms with Gasteiger partial charge in [0.05, 0.1) is 0 Å². The molecule has 0 rings (SSSR count). The van der Waals surface area contributed by atoms with Crippen LogP contribution in [0.15, 0.2) is 24.9 Å². The van der Waals surface area contributed by atoms with Crippen molar-refractivity contribution in [2.24, 2.45) is 0 Å². The molecule has 0 aliphatic heterocycles. The zero-order chi connectivity index (χ0) is 17.2. The van der Waals surface area contributed by atoms with E-state index in [2.05, 4.69) is 25.7 Å². The van der Waals surface area contributed by atoms with Crippen LogP contribution in [0.2, 0.25) is 0 Å². The van der Waals surface area contributed by atoms with Gasteiger partial charge >= 0.3 is 0 Å². The van der Waals surface area contributed by atoms with E-state index in [-0.39, 0.29) is 5.91 Å². The van der Waals surface area contributed by atoms with Crippen LogP contribution in [0.1, 0.15) is 96.8 Å². The Hall–Kier alpha value is -1.05. The van der Waals surface area contributed by atoms with Crippen molar-refractivity contribution in [1.82, 2.24) is 4.90 Å². The second-order valence-electron chi connectivity index (χ2n) is 6.52. The van der Waals surface area contributed by atoms with Gasteiger partial charge in [-0.1, -0.05) is 77.0 Å². The summed E-state index contributed by atoms with van der Waals surface area (Å²) in [7, 11) is 1.77. The molecular weight excluding hydrogens is 282 g/mol. The molecule has 0 aliphatic rings. The van der Waals surface area contributed by atoms with Crippen molar-refractivity contribution in [3.8, 4) is 0 Å². The topological polar surface area (TPSA) is 20.3 Å². The highest BCUT2D eigenvalue weighted by molar-refractivity contribution is 5.76. The van der Waals surface area contributed by atoms with E-state index in [0.717, 1.165) is 12.8 Å². The van der Waals surface area contributed by atoms with E-state index in [1.165, 1.54) is 70.6 Å². The van der Waals surface area contributed by atoms with Gasteiger partial charge in [-0.25, -0.2) is 0 Å². The number of rotatable bonds is 16. The highest BCUT2D eigenvalue weighted by atomic mass is 16.2. The first-order valence-corrected chi connectivity index (χ1v) is 9.75. The zero-order valence-electron chi connectivity index (χ0n) is 15.7. The van der Waals surface area contributed by atoms with Crippen molar-refractivity contribution in [1.29, 1.82) is 0 Å². The van der Waals surface area contributed by atoms with Gasteiger partial charge in [-0.2, -0.15) is 0 Å². The summed E-state index contributed by atoms with van der Waals surface area (Å²) in [5.74, 6) is 0.178. The average Bonchev–Trinajstić information content (AvgIpc) is 2.57. The Morgan fingerprint density at radius 2 is 1.30 bits per heavy atom. The Morgan fingerprint density at radius 1 is 0.826 bits per heavy atom. The molecule has 0 spiro atoms. The monoisotopic (exact) mass is 321 g/mol. The number of unbranched alkanes of at least 4 members (excludes halogenated alkanes) is 11. The number of carbonyl (C=O) groups is 1. The third kappa shape index (κ3) is 15.6. The third-order valence-electron chi connectivity index (χ3n) is 4.32. The number of hydrogen-bond acceptors (Lipinski definition) is 1. The SMILES string of the molecule is C=CN(C)C(=O)CCCCCCC/C=C\CCCCCCCC. The minimum Gasteiger partial charge on any atom is -0.323 e. The van der Waals surface area contributed by atoms with Crippen LogP contribution in [-0.2, 0) is 4.79 Å². The first-order valence-electron chi connectivity index (χ1n) is 9.75. The average molecular weight is 322 g/mol. The highest BCUT2D eigenvalue weighted by Crippen LogP contribution is 2.10. The van der Waals surface area contributed by atoms with E-state index in [4.69, 9.17) is 0 Å². The van der Waals surface area contributed by atoms with Crippen molar-refractivity contribution >= 4 is 5.91 Å². The van der Waals surface area contributed by atoms with Crippen LogP contribution in [0.5, 0.6) is 0 Å². The fourth-order valence-corrected chi connectivity index (χ4v) is 2.63. The fraction of sp³-hybridized carbons (Fsp3) is 0.762. The van der Waals surface area contributed by atoms with Gasteiger partial charge in [0.1, 0.15) is 0 Å². The van der Waals surface area contributed by atoms with Crippen molar-refractivity contribution in [2.45, 2.75) is 96.8 Å². The number of carbonyl (C=O) groups excluding carboxylic acids is 1. The van der Waals surface area contributed by atoms with Crippen LogP contribution in [0.3, 0.4) is 0 Å². The maximum Gasteiger partial charge on any atom is 0.226 e. The molecular formula is C21H39NO. The van der Waals surface area contributed by atoms with Crippen LogP contribution in [0.4, 0.5) is 0 Å². The fourth-order valence-electron chi connectivity index (χ4n) is 2.63. The summed E-state index contributed by atoms with van der Waals surface area (Å²) in [5.41, 5.74) is 0. The molecule has 0 aromatic carbocycles. The highest BCUT2D eigenvalue weighted by Gasteiger charge is 2.03. The standard InChI is InChI=1S/C21H39NO/c1-4-6-7-8-9-10-11-12-13-14-15-16-17-18-19-20-21(23)22(3)5-2/h5,12-13H,2,4,6-11,14-20H2,1,3H3/b13-12-. The van der Waals surface area contributed by atoms with E-state index in [9.17, 15) is 4.79 Å². The predicted octanol–water partition coefficient (Wildman–Crippen LogP) is 6.63. The quantitative estimate of drug-likeness (QED) is 0.231. The molecule has 0 aromatic heterocycles. The molecule has 134 valence electrons. The molecule has 0 heterocycles. The Kier molecular flexibility index (Phi) is 16.5. The van der Waals surface area contributed by atoms with Gasteiger partial charge in [0.2, 0.25) is 5.91 Å². The minimum atomic E-state index is 0.178. The lowest BCUT2D eigenvalue weighted by Gasteiger charge is -2.10. The van der Waals surface area contributed by atoms with E-state index >= 15 is 0 Å². The molecule has 0 radical (unpaired) electrons. The largest absolute Gasteiger partial charge is 0.323 e. The van der Waals surface area contributed by atoms with Gasteiger partial charge < -0.3 is 4.90 Å². The number of amides is 1. The molecule has 0 atom stereocenters. The molecule has 0 aliphatic carbocycles. The molecule has 1 amide bonds. The smallest absolute Gasteiger partial charge is 0.226 e. The summed E-state index contributed by atoms with van der Waals surface area (Å²) in [6.45, 7) is 5.87. The zero-order valence-corrected chi connectivity index (χ0v) is 15.7. The Bertz CT molecular complexity index is 309. The lowest BCUT2D eigenvalue weighted by atomic mass is 10.1. The molecule has 0 saturated carbocycles. The van der Waals surface area contributed by atoms with Crippen LogP contribution in [0.25, 0.3) is 0 Å². The molecule has 0 saturated heterocycles. The molecule has 2 nitrogen and oxygen atoms in total. The van der Waals surface area contributed by atoms with Gasteiger partial charge in [-0.3, -0.25) is 4.79 Å². The summed E-state index contributed by atoms with van der Waals surface area (Å²) in [5, 5.41) is 0. The van der Waals surface area contributed by atoms with Crippen LogP contribution < -0.4 is 0 Å². The van der Waals surface area contributed by atoms with E-state index in [1.54, 1.807) is 18.1 Å². The number of hydrogen-bond donors (Lipinski definition) is 0. The summed E-state index contributed by atoms with van der Waals surface area (Å²) < 4.78 is 0. The third-order valence-corrected chi connectivity index (χ3v) is 4.32. The van der Waals surface area contributed by atoms with Gasteiger partial charge in [-0.15, -0.1) is 0 Å². The lowest BCUT2D eigenvalue weighted by Crippen LogP contribution is -2.19. The van der Waals surface area contributed by atoms with E-state index in [1.807, 2.05) is 0 Å². The summed E-state index contributed by atoms with van der Waals surface area (Å²) >= 11 is 0. The predicted molar refractivity (Wildman–Crippen MR) is 102 cm³/mol. The first-order chi connectivity index (χ1) is 11.2. The molecule has 0 unspecified atom stereocenters.